The maximum absolute atomic E-state index is 14.0. The van der Waals surface area contributed by atoms with Crippen LogP contribution in [0.15, 0.2) is 18.2 Å². The third kappa shape index (κ3) is 3.19. The van der Waals surface area contributed by atoms with Crippen molar-refractivity contribution < 1.29 is 4.39 Å². The quantitative estimate of drug-likeness (QED) is 0.866. The second kappa shape index (κ2) is 6.20. The van der Waals surface area contributed by atoms with Gasteiger partial charge in [-0.15, -0.1) is 0 Å². The summed E-state index contributed by atoms with van der Waals surface area (Å²) in [5.74, 6) is -0.146. The lowest BCUT2D eigenvalue weighted by molar-refractivity contribution is 0.0256. The summed E-state index contributed by atoms with van der Waals surface area (Å²) in [4.78, 5) is 4.54. The number of nitrogens with zero attached hydrogens (tertiary/aromatic N) is 2. The van der Waals surface area contributed by atoms with E-state index in [4.69, 9.17) is 5.73 Å². The van der Waals surface area contributed by atoms with Crippen molar-refractivity contribution in [3.05, 3.63) is 35.1 Å². The van der Waals surface area contributed by atoms with Gasteiger partial charge in [0.1, 0.15) is 5.82 Å². The highest BCUT2D eigenvalue weighted by Crippen LogP contribution is 2.36. The van der Waals surface area contributed by atoms with E-state index in [0.717, 1.165) is 17.7 Å². The normalized spacial score (nSPS) is 17.6. The molecule has 0 saturated heterocycles. The van der Waals surface area contributed by atoms with E-state index in [1.54, 1.807) is 6.07 Å². The predicted molar refractivity (Wildman–Crippen MR) is 80.9 cm³/mol. The molecule has 1 aliphatic carbocycles. The minimum Gasteiger partial charge on any atom is -0.326 e. The zero-order valence-corrected chi connectivity index (χ0v) is 12.8. The summed E-state index contributed by atoms with van der Waals surface area (Å²) < 4.78 is 14.0. The molecule has 0 radical (unpaired) electrons. The monoisotopic (exact) mass is 279 g/mol. The van der Waals surface area contributed by atoms with E-state index >= 15 is 0 Å². The van der Waals surface area contributed by atoms with Gasteiger partial charge in [-0.05, 0) is 52.0 Å². The summed E-state index contributed by atoms with van der Waals surface area (Å²) in [6, 6.07) is 5.32. The van der Waals surface area contributed by atoms with Crippen molar-refractivity contribution in [3.63, 3.8) is 0 Å². The Morgan fingerprint density at radius 3 is 2.40 bits per heavy atom. The Labute approximate surface area is 121 Å². The van der Waals surface area contributed by atoms with E-state index in [1.165, 1.54) is 19.3 Å². The molecule has 1 aromatic carbocycles. The van der Waals surface area contributed by atoms with Gasteiger partial charge in [0, 0.05) is 30.7 Å². The van der Waals surface area contributed by atoms with Gasteiger partial charge in [0.25, 0.3) is 0 Å². The standard InChI is InChI=1S/C16H26FN3/c1-19(2)16(7-4-8-16)12-20(3)11-14-6-5-13(10-18)9-15(14)17/h5-6,9H,4,7-8,10-12,18H2,1-3H3. The fourth-order valence-electron chi connectivity index (χ4n) is 3.03. The number of rotatable bonds is 6. The largest absolute Gasteiger partial charge is 0.326 e. The van der Waals surface area contributed by atoms with Crippen LogP contribution in [0.5, 0.6) is 0 Å². The molecule has 0 amide bonds. The topological polar surface area (TPSA) is 32.5 Å². The molecule has 0 bridgehead atoms. The molecule has 0 unspecified atom stereocenters. The van der Waals surface area contributed by atoms with Crippen molar-refractivity contribution in [1.29, 1.82) is 0 Å². The number of benzene rings is 1. The van der Waals surface area contributed by atoms with Gasteiger partial charge in [0.15, 0.2) is 0 Å². The Bertz CT molecular complexity index is 455. The number of hydrogen-bond donors (Lipinski definition) is 1. The maximum atomic E-state index is 14.0. The molecule has 1 fully saturated rings. The van der Waals surface area contributed by atoms with Crippen LogP contribution in [0.1, 0.15) is 30.4 Å². The third-order valence-corrected chi connectivity index (χ3v) is 4.59. The van der Waals surface area contributed by atoms with Gasteiger partial charge in [0.05, 0.1) is 0 Å². The molecular formula is C16H26FN3. The van der Waals surface area contributed by atoms with Crippen molar-refractivity contribution in [3.8, 4) is 0 Å². The Morgan fingerprint density at radius 2 is 1.95 bits per heavy atom. The molecule has 0 aromatic heterocycles. The predicted octanol–water partition coefficient (Wildman–Crippen LogP) is 2.20. The lowest BCUT2D eigenvalue weighted by atomic mass is 9.75. The van der Waals surface area contributed by atoms with E-state index in [9.17, 15) is 4.39 Å². The van der Waals surface area contributed by atoms with Gasteiger partial charge in [-0.3, -0.25) is 0 Å². The minimum absolute atomic E-state index is 0.146. The Morgan fingerprint density at radius 1 is 1.25 bits per heavy atom. The highest BCUT2D eigenvalue weighted by molar-refractivity contribution is 5.24. The zero-order chi connectivity index (χ0) is 14.8. The van der Waals surface area contributed by atoms with Crippen molar-refractivity contribution >= 4 is 0 Å². The summed E-state index contributed by atoms with van der Waals surface area (Å²) in [5.41, 5.74) is 7.40. The van der Waals surface area contributed by atoms with Crippen LogP contribution in [0.25, 0.3) is 0 Å². The van der Waals surface area contributed by atoms with Crippen LogP contribution >= 0.6 is 0 Å². The highest BCUT2D eigenvalue weighted by Gasteiger charge is 2.39. The lowest BCUT2D eigenvalue weighted by Gasteiger charge is -2.49. The molecule has 0 spiro atoms. The number of nitrogens with two attached hydrogens (primary N) is 1. The molecule has 20 heavy (non-hydrogen) atoms. The van der Waals surface area contributed by atoms with E-state index < -0.39 is 0 Å². The van der Waals surface area contributed by atoms with Crippen LogP contribution in [-0.4, -0.2) is 43.0 Å². The molecule has 0 aliphatic heterocycles. The van der Waals surface area contributed by atoms with Gasteiger partial charge in [-0.25, -0.2) is 4.39 Å². The second-order valence-corrected chi connectivity index (χ2v) is 6.27. The smallest absolute Gasteiger partial charge is 0.128 e. The molecule has 112 valence electrons. The van der Waals surface area contributed by atoms with Gasteiger partial charge >= 0.3 is 0 Å². The van der Waals surface area contributed by atoms with Crippen molar-refractivity contribution in [1.82, 2.24) is 9.80 Å². The molecular weight excluding hydrogens is 253 g/mol. The van der Waals surface area contributed by atoms with E-state index in [2.05, 4.69) is 30.9 Å². The van der Waals surface area contributed by atoms with Crippen LogP contribution < -0.4 is 5.73 Å². The SMILES string of the molecule is CN(Cc1ccc(CN)cc1F)CC1(N(C)C)CCC1. The first-order chi connectivity index (χ1) is 9.47. The number of halogens is 1. The first kappa shape index (κ1) is 15.4. The summed E-state index contributed by atoms with van der Waals surface area (Å²) in [6.07, 6.45) is 3.77. The van der Waals surface area contributed by atoms with E-state index in [-0.39, 0.29) is 11.4 Å². The Kier molecular flexibility index (Phi) is 4.78. The molecule has 0 atom stereocenters. The van der Waals surface area contributed by atoms with Crippen molar-refractivity contribution in [2.75, 3.05) is 27.7 Å². The molecule has 2 rings (SSSR count). The molecule has 1 aliphatic rings. The highest BCUT2D eigenvalue weighted by atomic mass is 19.1. The van der Waals surface area contributed by atoms with Crippen LogP contribution in [0.4, 0.5) is 4.39 Å². The molecule has 4 heteroatoms. The third-order valence-electron chi connectivity index (χ3n) is 4.59. The Hall–Kier alpha value is -0.970. The molecule has 3 nitrogen and oxygen atoms in total. The first-order valence-electron chi connectivity index (χ1n) is 7.30. The van der Waals surface area contributed by atoms with Gasteiger partial charge < -0.3 is 15.5 Å². The fraction of sp³-hybridized carbons (Fsp3) is 0.625. The minimum atomic E-state index is -0.146. The first-order valence-corrected chi connectivity index (χ1v) is 7.30. The van der Waals surface area contributed by atoms with Crippen molar-refractivity contribution in [2.45, 2.75) is 37.9 Å². The fourth-order valence-corrected chi connectivity index (χ4v) is 3.03. The molecule has 2 N–H and O–H groups in total. The summed E-state index contributed by atoms with van der Waals surface area (Å²) in [5, 5.41) is 0. The van der Waals surface area contributed by atoms with Gasteiger partial charge in [-0.2, -0.15) is 0 Å². The second-order valence-electron chi connectivity index (χ2n) is 6.27. The average Bonchev–Trinajstić information content (AvgIpc) is 2.35. The van der Waals surface area contributed by atoms with Crippen LogP contribution in [0, 0.1) is 5.82 Å². The molecule has 1 aromatic rings. The van der Waals surface area contributed by atoms with E-state index in [0.29, 0.717) is 13.1 Å². The summed E-state index contributed by atoms with van der Waals surface area (Å²) >= 11 is 0. The van der Waals surface area contributed by atoms with E-state index in [1.807, 2.05) is 12.1 Å². The zero-order valence-electron chi connectivity index (χ0n) is 12.8. The average molecular weight is 279 g/mol. The lowest BCUT2D eigenvalue weighted by Crippen LogP contribution is -2.56. The van der Waals surface area contributed by atoms with Crippen LogP contribution in [0.3, 0.4) is 0 Å². The van der Waals surface area contributed by atoms with Crippen LogP contribution in [0.2, 0.25) is 0 Å². The summed E-state index contributed by atoms with van der Waals surface area (Å²) in [7, 11) is 6.35. The molecule has 1 saturated carbocycles. The summed E-state index contributed by atoms with van der Waals surface area (Å²) in [6.45, 7) is 2.02. The maximum Gasteiger partial charge on any atom is 0.128 e. The van der Waals surface area contributed by atoms with Crippen molar-refractivity contribution in [2.24, 2.45) is 5.73 Å². The Balaban J connectivity index is 1.99. The number of likely N-dealkylation sites (N-methyl/N-ethyl adjacent to an activating group) is 2. The van der Waals surface area contributed by atoms with Gasteiger partial charge in [-0.1, -0.05) is 12.1 Å². The molecule has 0 heterocycles. The van der Waals surface area contributed by atoms with Gasteiger partial charge in [0.2, 0.25) is 0 Å². The number of hydrogen-bond acceptors (Lipinski definition) is 3. The van der Waals surface area contributed by atoms with Crippen LogP contribution in [-0.2, 0) is 13.1 Å².